The number of fused-ring (bicyclic) bond motifs is 1. The number of hydrazone groups is 1. The van der Waals surface area contributed by atoms with Gasteiger partial charge in [0.05, 0.1) is 23.7 Å². The Balaban J connectivity index is 1.60. The largest absolute Gasteiger partial charge is 0.503 e. The predicted octanol–water partition coefficient (Wildman–Crippen LogP) is 3.02. The van der Waals surface area contributed by atoms with Crippen LogP contribution in [0.1, 0.15) is 18.1 Å². The van der Waals surface area contributed by atoms with Crippen molar-refractivity contribution in [1.29, 1.82) is 0 Å². The second-order valence-electron chi connectivity index (χ2n) is 5.73. The van der Waals surface area contributed by atoms with Crippen molar-refractivity contribution in [2.45, 2.75) is 13.3 Å². The number of nitrogens with one attached hydrogen (secondary N) is 1. The minimum Gasteiger partial charge on any atom is -0.503 e. The number of phenols is 1. The van der Waals surface area contributed by atoms with E-state index in [0.29, 0.717) is 47.1 Å². The first-order chi connectivity index (χ1) is 13.1. The highest BCUT2D eigenvalue weighted by molar-refractivity contribution is 9.10. The number of hydrogen-bond acceptors (Lipinski definition) is 6. The molecule has 0 aromatic heterocycles. The van der Waals surface area contributed by atoms with Gasteiger partial charge in [-0.25, -0.2) is 5.43 Å². The molecule has 142 valence electrons. The van der Waals surface area contributed by atoms with Gasteiger partial charge in [-0.3, -0.25) is 4.79 Å². The summed E-state index contributed by atoms with van der Waals surface area (Å²) < 4.78 is 16.8. The van der Waals surface area contributed by atoms with Crippen LogP contribution in [0.3, 0.4) is 0 Å². The Morgan fingerprint density at radius 1 is 1.30 bits per heavy atom. The lowest BCUT2D eigenvalue weighted by atomic mass is 10.1. The van der Waals surface area contributed by atoms with Crippen molar-refractivity contribution in [1.82, 2.24) is 5.43 Å². The van der Waals surface area contributed by atoms with Crippen molar-refractivity contribution in [3.63, 3.8) is 0 Å². The van der Waals surface area contributed by atoms with E-state index in [1.54, 1.807) is 24.3 Å². The van der Waals surface area contributed by atoms with E-state index in [1.807, 2.05) is 13.0 Å². The van der Waals surface area contributed by atoms with Gasteiger partial charge in [-0.1, -0.05) is 6.07 Å². The van der Waals surface area contributed by atoms with Crippen LogP contribution in [0.2, 0.25) is 0 Å². The Hall–Kier alpha value is -2.74. The first-order valence-corrected chi connectivity index (χ1v) is 9.22. The van der Waals surface area contributed by atoms with Crippen LogP contribution in [0, 0.1) is 0 Å². The molecule has 1 aliphatic rings. The van der Waals surface area contributed by atoms with Gasteiger partial charge < -0.3 is 19.3 Å². The molecule has 1 aliphatic heterocycles. The molecular weight excluding hydrogens is 416 g/mol. The number of nitrogens with zero attached hydrogens (tertiary/aromatic N) is 1. The number of halogens is 1. The van der Waals surface area contributed by atoms with E-state index >= 15 is 0 Å². The van der Waals surface area contributed by atoms with E-state index in [1.165, 1.54) is 6.21 Å². The molecule has 0 fully saturated rings. The van der Waals surface area contributed by atoms with E-state index in [9.17, 15) is 9.90 Å². The number of rotatable bonds is 6. The van der Waals surface area contributed by atoms with Crippen LogP contribution in [-0.4, -0.2) is 37.0 Å². The molecule has 27 heavy (non-hydrogen) atoms. The van der Waals surface area contributed by atoms with E-state index < -0.39 is 0 Å². The summed E-state index contributed by atoms with van der Waals surface area (Å²) in [5, 5.41) is 13.9. The molecule has 2 N–H and O–H groups in total. The molecule has 0 spiro atoms. The van der Waals surface area contributed by atoms with Crippen molar-refractivity contribution in [2.24, 2.45) is 5.10 Å². The van der Waals surface area contributed by atoms with Gasteiger partial charge in [0, 0.05) is 0 Å². The number of benzene rings is 2. The van der Waals surface area contributed by atoms with Crippen LogP contribution in [0.25, 0.3) is 0 Å². The quantitative estimate of drug-likeness (QED) is 0.538. The van der Waals surface area contributed by atoms with Crippen LogP contribution in [-0.2, 0) is 11.2 Å². The Morgan fingerprint density at radius 2 is 2.07 bits per heavy atom. The number of phenolic OH excluding ortho intramolecular Hbond substituents is 1. The maximum atomic E-state index is 12.1. The summed E-state index contributed by atoms with van der Waals surface area (Å²) in [5.74, 6) is 1.44. The standard InChI is InChI=1S/C19H19BrN2O5/c1-2-25-17-9-13(7-14(20)19(17)24)11-21-22-18(23)10-12-3-4-15-16(8-12)27-6-5-26-15/h3-4,7-9,11,24H,2,5-6,10H2,1H3,(H,22,23)/b21-11+. The fourth-order valence-corrected chi connectivity index (χ4v) is 3.00. The van der Waals surface area contributed by atoms with Gasteiger partial charge in [0.2, 0.25) is 5.91 Å². The highest BCUT2D eigenvalue weighted by Gasteiger charge is 2.13. The SMILES string of the molecule is CCOc1cc(/C=N/NC(=O)Cc2ccc3c(c2)OCCO3)cc(Br)c1O. The molecule has 2 aromatic rings. The lowest BCUT2D eigenvalue weighted by Crippen LogP contribution is -2.20. The highest BCUT2D eigenvalue weighted by Crippen LogP contribution is 2.35. The van der Waals surface area contributed by atoms with E-state index in [-0.39, 0.29) is 18.1 Å². The summed E-state index contributed by atoms with van der Waals surface area (Å²) >= 11 is 3.26. The average Bonchev–Trinajstić information content (AvgIpc) is 2.66. The van der Waals surface area contributed by atoms with Crippen LogP contribution < -0.4 is 19.6 Å². The summed E-state index contributed by atoms with van der Waals surface area (Å²) in [6.45, 7) is 3.28. The van der Waals surface area contributed by atoms with Crippen molar-refractivity contribution in [3.05, 3.63) is 45.9 Å². The molecule has 2 aromatic carbocycles. The van der Waals surface area contributed by atoms with Gasteiger partial charge in [0.15, 0.2) is 23.0 Å². The summed E-state index contributed by atoms with van der Waals surface area (Å²) in [4.78, 5) is 12.1. The van der Waals surface area contributed by atoms with Gasteiger partial charge in [0.25, 0.3) is 0 Å². The number of aromatic hydroxyl groups is 1. The predicted molar refractivity (Wildman–Crippen MR) is 104 cm³/mol. The topological polar surface area (TPSA) is 89.4 Å². The van der Waals surface area contributed by atoms with Gasteiger partial charge >= 0.3 is 0 Å². The molecule has 0 aliphatic carbocycles. The molecule has 1 amide bonds. The smallest absolute Gasteiger partial charge is 0.244 e. The monoisotopic (exact) mass is 434 g/mol. The van der Waals surface area contributed by atoms with Gasteiger partial charge in [-0.15, -0.1) is 0 Å². The molecule has 1 heterocycles. The summed E-state index contributed by atoms with van der Waals surface area (Å²) in [5.41, 5.74) is 3.96. The second kappa shape index (κ2) is 8.77. The molecule has 8 heteroatoms. The first-order valence-electron chi connectivity index (χ1n) is 8.42. The number of amides is 1. The maximum Gasteiger partial charge on any atom is 0.244 e. The zero-order chi connectivity index (χ0) is 19.2. The molecule has 0 bridgehead atoms. The number of hydrogen-bond donors (Lipinski definition) is 2. The minimum absolute atomic E-state index is 0.0247. The third-order valence-electron chi connectivity index (χ3n) is 3.72. The van der Waals surface area contributed by atoms with Crippen LogP contribution >= 0.6 is 15.9 Å². The van der Waals surface area contributed by atoms with E-state index in [0.717, 1.165) is 5.56 Å². The van der Waals surface area contributed by atoms with Gasteiger partial charge in [-0.05, 0) is 58.2 Å². The third-order valence-corrected chi connectivity index (χ3v) is 4.33. The molecule has 0 atom stereocenters. The Labute approximate surface area is 165 Å². The zero-order valence-electron chi connectivity index (χ0n) is 14.7. The van der Waals surface area contributed by atoms with E-state index in [2.05, 4.69) is 26.5 Å². The third kappa shape index (κ3) is 4.91. The lowest BCUT2D eigenvalue weighted by molar-refractivity contribution is -0.120. The van der Waals surface area contributed by atoms with Crippen molar-refractivity contribution in [3.8, 4) is 23.0 Å². The number of ether oxygens (including phenoxy) is 3. The average molecular weight is 435 g/mol. The molecule has 0 unspecified atom stereocenters. The maximum absolute atomic E-state index is 12.1. The summed E-state index contributed by atoms with van der Waals surface area (Å²) in [7, 11) is 0. The normalized spacial score (nSPS) is 12.8. The molecule has 3 rings (SSSR count). The van der Waals surface area contributed by atoms with Gasteiger partial charge in [0.1, 0.15) is 13.2 Å². The summed E-state index contributed by atoms with van der Waals surface area (Å²) in [6, 6.07) is 8.73. The lowest BCUT2D eigenvalue weighted by Gasteiger charge is -2.18. The number of carbonyl (C=O) groups is 1. The fourth-order valence-electron chi connectivity index (χ4n) is 2.54. The second-order valence-corrected chi connectivity index (χ2v) is 6.58. The van der Waals surface area contributed by atoms with E-state index in [4.69, 9.17) is 14.2 Å². The minimum atomic E-state index is -0.259. The molecule has 0 saturated carbocycles. The Kier molecular flexibility index (Phi) is 6.18. The van der Waals surface area contributed by atoms with Crippen LogP contribution in [0.5, 0.6) is 23.0 Å². The van der Waals surface area contributed by atoms with Crippen molar-refractivity contribution in [2.75, 3.05) is 19.8 Å². The molecular formula is C19H19BrN2O5. The Bertz CT molecular complexity index is 869. The number of carbonyl (C=O) groups excluding carboxylic acids is 1. The van der Waals surface area contributed by atoms with Crippen molar-refractivity contribution < 1.29 is 24.1 Å². The van der Waals surface area contributed by atoms with Crippen molar-refractivity contribution >= 4 is 28.1 Å². The summed E-state index contributed by atoms with van der Waals surface area (Å²) in [6.07, 6.45) is 1.64. The molecule has 7 nitrogen and oxygen atoms in total. The molecule has 0 radical (unpaired) electrons. The highest BCUT2D eigenvalue weighted by atomic mass is 79.9. The van der Waals surface area contributed by atoms with Crippen LogP contribution in [0.4, 0.5) is 0 Å². The fraction of sp³-hybridized carbons (Fsp3) is 0.263. The first kappa shape index (κ1) is 19.0. The van der Waals surface area contributed by atoms with Gasteiger partial charge in [-0.2, -0.15) is 5.10 Å². The zero-order valence-corrected chi connectivity index (χ0v) is 16.3. The Morgan fingerprint density at radius 3 is 2.85 bits per heavy atom. The van der Waals surface area contributed by atoms with Crippen LogP contribution in [0.15, 0.2) is 39.9 Å². The molecule has 0 saturated heterocycles.